The molecule has 8 heteroatoms. The Labute approximate surface area is 273 Å². The Morgan fingerprint density at radius 2 is 1.20 bits per heavy atom. The molecule has 8 rings (SSSR count). The first-order valence-electron chi connectivity index (χ1n) is 14.7. The number of carbonyl (C=O) groups is 2. The number of thiocarbonyl (C=S) groups is 1. The summed E-state index contributed by atoms with van der Waals surface area (Å²) in [5.74, 6) is -1.48. The molecule has 0 aliphatic carbocycles. The van der Waals surface area contributed by atoms with E-state index in [2.05, 4.69) is 124 Å². The zero-order valence-electron chi connectivity index (χ0n) is 24.3. The van der Waals surface area contributed by atoms with E-state index in [0.29, 0.717) is 4.91 Å². The van der Waals surface area contributed by atoms with E-state index in [4.69, 9.17) is 17.3 Å². The number of allylic oxidation sites excluding steroid dienone is 2. The van der Waals surface area contributed by atoms with E-state index in [-0.39, 0.29) is 10.2 Å². The molecule has 1 amide bonds. The molecule has 0 radical (unpaired) electrons. The van der Waals surface area contributed by atoms with Crippen molar-refractivity contribution in [3.8, 4) is 11.4 Å². The predicted octanol–water partition coefficient (Wildman–Crippen LogP) is 8.72. The number of rotatable bonds is 6. The van der Waals surface area contributed by atoms with Crippen LogP contribution in [0.5, 0.6) is 0 Å². The second-order valence-electron chi connectivity index (χ2n) is 11.1. The lowest BCUT2D eigenvalue weighted by Crippen LogP contribution is -2.33. The van der Waals surface area contributed by atoms with Crippen molar-refractivity contribution in [1.82, 2.24) is 14.0 Å². The smallest absolute Gasteiger partial charge is 0.323 e. The van der Waals surface area contributed by atoms with Gasteiger partial charge in [0.2, 0.25) is 0 Å². The fourth-order valence-electron chi connectivity index (χ4n) is 6.36. The molecule has 6 nitrogen and oxygen atoms in total. The van der Waals surface area contributed by atoms with Crippen molar-refractivity contribution in [2.75, 3.05) is 6.54 Å². The number of nitrogens with zero attached hydrogens (tertiary/aromatic N) is 3. The number of carboxylic acid groups (broad SMARTS) is 1. The summed E-state index contributed by atoms with van der Waals surface area (Å²) in [7, 11) is 0. The Morgan fingerprint density at radius 3 is 1.74 bits per heavy atom. The number of thioether (sulfide) groups is 1. The van der Waals surface area contributed by atoms with Crippen molar-refractivity contribution in [2.24, 2.45) is 0 Å². The Bertz CT molecular complexity index is 2400. The van der Waals surface area contributed by atoms with E-state index < -0.39 is 12.5 Å². The standard InChI is InChI=1S/C38H25N3O3S2/c42-36(43)23-39-37(44)35(46-38(39)45)15-7-8-24-16-21-34-30(22-24)29-11-3-6-14-33(29)41(34)26-19-17-25(18-20-26)40-31-12-4-1-9-27(31)28-10-2-5-13-32(28)40/h1-22H,23H2,(H,42,43)/b8-7+,35-15-. The number of aliphatic carboxylic acids is 1. The molecule has 1 aliphatic heterocycles. The lowest BCUT2D eigenvalue weighted by molar-refractivity contribution is -0.140. The monoisotopic (exact) mass is 635 g/mol. The average molecular weight is 636 g/mol. The van der Waals surface area contributed by atoms with E-state index in [9.17, 15) is 9.59 Å². The number of hydrogen-bond acceptors (Lipinski definition) is 4. The van der Waals surface area contributed by atoms with Gasteiger partial charge >= 0.3 is 5.97 Å². The molecule has 46 heavy (non-hydrogen) atoms. The van der Waals surface area contributed by atoms with E-state index in [1.54, 1.807) is 12.2 Å². The largest absolute Gasteiger partial charge is 0.480 e. The molecule has 1 N–H and O–H groups in total. The predicted molar refractivity (Wildman–Crippen MR) is 192 cm³/mol. The zero-order valence-corrected chi connectivity index (χ0v) is 26.0. The minimum atomic E-state index is -1.10. The fraction of sp³-hybridized carbons (Fsp3) is 0.0263. The molecule has 2 aromatic heterocycles. The highest BCUT2D eigenvalue weighted by Gasteiger charge is 2.32. The van der Waals surface area contributed by atoms with Crippen LogP contribution < -0.4 is 0 Å². The van der Waals surface area contributed by atoms with Gasteiger partial charge in [-0.15, -0.1) is 0 Å². The number of aromatic nitrogens is 2. The minimum absolute atomic E-state index is 0.254. The summed E-state index contributed by atoms with van der Waals surface area (Å²) in [4.78, 5) is 25.2. The highest BCUT2D eigenvalue weighted by molar-refractivity contribution is 8.26. The van der Waals surface area contributed by atoms with Gasteiger partial charge in [0, 0.05) is 32.9 Å². The van der Waals surface area contributed by atoms with Gasteiger partial charge in [-0.1, -0.05) is 96.8 Å². The Kier molecular flexibility index (Phi) is 6.82. The summed E-state index contributed by atoms with van der Waals surface area (Å²) < 4.78 is 4.87. The average Bonchev–Trinajstić information content (AvgIpc) is 3.68. The third kappa shape index (κ3) is 4.62. The number of carboxylic acids is 1. The van der Waals surface area contributed by atoms with E-state index >= 15 is 0 Å². The number of benzene rings is 5. The van der Waals surface area contributed by atoms with Crippen molar-refractivity contribution >= 4 is 89.9 Å². The molecular formula is C38H25N3O3S2. The summed E-state index contributed by atoms with van der Waals surface area (Å²) >= 11 is 6.31. The van der Waals surface area contributed by atoms with Gasteiger partial charge in [-0.2, -0.15) is 0 Å². The summed E-state index contributed by atoms with van der Waals surface area (Å²) in [5, 5.41) is 13.8. The van der Waals surface area contributed by atoms with Crippen LogP contribution in [0.1, 0.15) is 5.56 Å². The molecule has 222 valence electrons. The highest BCUT2D eigenvalue weighted by atomic mass is 32.2. The SMILES string of the molecule is O=C(O)CN1C(=O)/C(=C/C=C/c2ccc3c(c2)c2ccccc2n3-c2ccc(-n3c4ccccc4c4ccccc43)cc2)SC1=S. The number of hydrogen-bond donors (Lipinski definition) is 1. The van der Waals surface area contributed by atoms with Crippen molar-refractivity contribution in [2.45, 2.75) is 0 Å². The first-order chi connectivity index (χ1) is 22.5. The summed E-state index contributed by atoms with van der Waals surface area (Å²) in [5.41, 5.74) is 7.73. The lowest BCUT2D eigenvalue weighted by Gasteiger charge is -2.11. The summed E-state index contributed by atoms with van der Waals surface area (Å²) in [6.07, 6.45) is 5.43. The molecular weight excluding hydrogens is 611 g/mol. The van der Waals surface area contributed by atoms with Gasteiger partial charge in [-0.05, 0) is 66.2 Å². The minimum Gasteiger partial charge on any atom is -0.480 e. The van der Waals surface area contributed by atoms with Gasteiger partial charge in [0.05, 0.1) is 27.0 Å². The van der Waals surface area contributed by atoms with Crippen molar-refractivity contribution in [1.29, 1.82) is 0 Å². The van der Waals surface area contributed by atoms with E-state index in [0.717, 1.165) is 55.4 Å². The van der Waals surface area contributed by atoms with Crippen LogP contribution in [0.4, 0.5) is 0 Å². The van der Waals surface area contributed by atoms with E-state index in [1.807, 2.05) is 6.08 Å². The molecule has 5 aromatic carbocycles. The second kappa shape index (κ2) is 11.2. The van der Waals surface area contributed by atoms with Gasteiger partial charge in [-0.3, -0.25) is 14.5 Å². The van der Waals surface area contributed by atoms with Gasteiger partial charge in [0.15, 0.2) is 0 Å². The van der Waals surface area contributed by atoms with Gasteiger partial charge < -0.3 is 14.2 Å². The maximum Gasteiger partial charge on any atom is 0.323 e. The third-order valence-corrected chi connectivity index (χ3v) is 9.74. The molecule has 0 unspecified atom stereocenters. The second-order valence-corrected chi connectivity index (χ2v) is 12.7. The molecule has 0 bridgehead atoms. The Morgan fingerprint density at radius 1 is 0.696 bits per heavy atom. The third-order valence-electron chi connectivity index (χ3n) is 8.35. The zero-order chi connectivity index (χ0) is 31.4. The van der Waals surface area contributed by atoms with Crippen LogP contribution in [0.15, 0.2) is 132 Å². The summed E-state index contributed by atoms with van der Waals surface area (Å²) in [6, 6.07) is 40.5. The number of para-hydroxylation sites is 3. The van der Waals surface area contributed by atoms with Crippen LogP contribution in [-0.2, 0) is 9.59 Å². The van der Waals surface area contributed by atoms with Crippen LogP contribution in [0.2, 0.25) is 0 Å². The fourth-order valence-corrected chi connectivity index (χ4v) is 7.56. The molecule has 1 saturated heterocycles. The number of fused-ring (bicyclic) bond motifs is 6. The molecule has 7 aromatic rings. The maximum absolute atomic E-state index is 12.6. The topological polar surface area (TPSA) is 67.5 Å². The van der Waals surface area contributed by atoms with Gasteiger partial charge in [0.1, 0.15) is 10.9 Å². The van der Waals surface area contributed by atoms with Gasteiger partial charge in [-0.25, -0.2) is 0 Å². The number of carbonyl (C=O) groups excluding carboxylic acids is 1. The number of amides is 1. The molecule has 3 heterocycles. The molecule has 1 aliphatic rings. The molecule has 0 spiro atoms. The molecule has 0 saturated carbocycles. The van der Waals surface area contributed by atoms with Crippen LogP contribution in [0, 0.1) is 0 Å². The van der Waals surface area contributed by atoms with Crippen LogP contribution in [-0.4, -0.2) is 41.9 Å². The Hall–Kier alpha value is -5.44. The quantitative estimate of drug-likeness (QED) is 0.146. The van der Waals surface area contributed by atoms with Crippen molar-refractivity contribution < 1.29 is 14.7 Å². The van der Waals surface area contributed by atoms with Crippen LogP contribution in [0.3, 0.4) is 0 Å². The first kappa shape index (κ1) is 28.1. The summed E-state index contributed by atoms with van der Waals surface area (Å²) in [6.45, 7) is -0.435. The molecule has 0 atom stereocenters. The van der Waals surface area contributed by atoms with Gasteiger partial charge in [0.25, 0.3) is 5.91 Å². The lowest BCUT2D eigenvalue weighted by atomic mass is 10.1. The van der Waals surface area contributed by atoms with Crippen molar-refractivity contribution in [3.63, 3.8) is 0 Å². The van der Waals surface area contributed by atoms with E-state index in [1.165, 1.54) is 21.8 Å². The maximum atomic E-state index is 12.6. The highest BCUT2D eigenvalue weighted by Crippen LogP contribution is 2.35. The van der Waals surface area contributed by atoms with Crippen LogP contribution >= 0.6 is 24.0 Å². The Balaban J connectivity index is 1.16. The normalized spacial score (nSPS) is 14.7. The van der Waals surface area contributed by atoms with Crippen molar-refractivity contribution in [3.05, 3.63) is 138 Å². The van der Waals surface area contributed by atoms with Crippen LogP contribution in [0.25, 0.3) is 61.1 Å². The molecule has 1 fully saturated rings. The first-order valence-corrected chi connectivity index (χ1v) is 16.0.